The van der Waals surface area contributed by atoms with Crippen LogP contribution in [0.4, 0.5) is 0 Å². The zero-order valence-corrected chi connectivity index (χ0v) is 14.4. The average Bonchev–Trinajstić information content (AvgIpc) is 3.10. The first kappa shape index (κ1) is 18.7. The molecule has 2 atom stereocenters. The minimum Gasteiger partial charge on any atom is -0.364 e. The van der Waals surface area contributed by atoms with Crippen LogP contribution < -0.4 is 5.73 Å². The quantitative estimate of drug-likeness (QED) is 0.876. The van der Waals surface area contributed by atoms with E-state index in [0.717, 1.165) is 12.8 Å². The van der Waals surface area contributed by atoms with E-state index in [1.165, 1.54) is 0 Å². The van der Waals surface area contributed by atoms with Gasteiger partial charge in [-0.15, -0.1) is 12.4 Å². The first-order chi connectivity index (χ1) is 11.2. The normalized spacial score (nSPS) is 23.7. The third-order valence-electron chi connectivity index (χ3n) is 4.55. The van der Waals surface area contributed by atoms with Crippen LogP contribution in [0.3, 0.4) is 0 Å². The lowest BCUT2D eigenvalue weighted by molar-refractivity contribution is -0.144. The summed E-state index contributed by atoms with van der Waals surface area (Å²) in [6.45, 7) is 2.71. The van der Waals surface area contributed by atoms with Crippen LogP contribution in [0.15, 0.2) is 30.3 Å². The van der Waals surface area contributed by atoms with Crippen molar-refractivity contribution in [3.8, 4) is 0 Å². The van der Waals surface area contributed by atoms with Crippen molar-refractivity contribution in [1.82, 2.24) is 9.80 Å². The molecular formula is C17H24ClN3O3. The number of nitrogens with zero attached hydrogens (tertiary/aromatic N) is 2. The number of halogens is 1. The Hall–Kier alpha value is -1.63. The monoisotopic (exact) mass is 353 g/mol. The van der Waals surface area contributed by atoms with E-state index in [9.17, 15) is 9.59 Å². The number of amides is 2. The molecule has 2 heterocycles. The predicted molar refractivity (Wildman–Crippen MR) is 93.1 cm³/mol. The highest BCUT2D eigenvalue weighted by Gasteiger charge is 2.34. The molecule has 0 unspecified atom stereocenters. The maximum Gasteiger partial charge on any atom is 0.253 e. The predicted octanol–water partition coefficient (Wildman–Crippen LogP) is 0.899. The molecule has 0 radical (unpaired) electrons. The Morgan fingerprint density at radius 2 is 1.67 bits per heavy atom. The van der Waals surface area contributed by atoms with Crippen LogP contribution in [0.1, 0.15) is 23.2 Å². The van der Waals surface area contributed by atoms with Crippen molar-refractivity contribution < 1.29 is 14.3 Å². The number of carbonyl (C=O) groups excluding carboxylic acids is 2. The molecule has 0 aliphatic carbocycles. The third kappa shape index (κ3) is 4.06. The van der Waals surface area contributed by atoms with Crippen molar-refractivity contribution in [2.75, 3.05) is 32.7 Å². The van der Waals surface area contributed by atoms with E-state index in [2.05, 4.69) is 0 Å². The van der Waals surface area contributed by atoms with Gasteiger partial charge in [-0.1, -0.05) is 18.2 Å². The zero-order chi connectivity index (χ0) is 16.2. The molecule has 0 aromatic heterocycles. The summed E-state index contributed by atoms with van der Waals surface area (Å²) in [5.74, 6) is 0.0609. The summed E-state index contributed by atoms with van der Waals surface area (Å²) in [4.78, 5) is 28.5. The summed E-state index contributed by atoms with van der Waals surface area (Å²) >= 11 is 0. The standard InChI is InChI=1S/C17H23N3O3.ClH/c18-12-14-6-7-15(23-14)17(22)20-10-8-19(9-11-20)16(21)13-4-2-1-3-5-13;/h1-5,14-15H,6-12,18H2;1H/t14-,15+;/m1./s1. The molecule has 2 aliphatic rings. The molecule has 7 heteroatoms. The number of benzene rings is 1. The maximum atomic E-state index is 12.5. The van der Waals surface area contributed by atoms with Gasteiger partial charge in [0, 0.05) is 38.3 Å². The molecule has 24 heavy (non-hydrogen) atoms. The molecule has 3 rings (SSSR count). The Morgan fingerprint density at radius 3 is 2.25 bits per heavy atom. The molecule has 0 bridgehead atoms. The minimum absolute atomic E-state index is 0. The minimum atomic E-state index is -0.361. The van der Waals surface area contributed by atoms with Gasteiger partial charge in [-0.25, -0.2) is 0 Å². The SMILES string of the molecule is Cl.NC[C@H]1CC[C@@H](C(=O)N2CCN(C(=O)c3ccccc3)CC2)O1. The lowest BCUT2D eigenvalue weighted by Gasteiger charge is -2.35. The van der Waals surface area contributed by atoms with Crippen LogP contribution in [0, 0.1) is 0 Å². The van der Waals surface area contributed by atoms with E-state index in [0.29, 0.717) is 38.3 Å². The smallest absolute Gasteiger partial charge is 0.253 e. The van der Waals surface area contributed by atoms with Crippen molar-refractivity contribution >= 4 is 24.2 Å². The number of carbonyl (C=O) groups is 2. The second-order valence-corrected chi connectivity index (χ2v) is 6.04. The molecular weight excluding hydrogens is 330 g/mol. The Balaban J connectivity index is 0.00000208. The van der Waals surface area contributed by atoms with E-state index in [1.54, 1.807) is 9.80 Å². The Kier molecular flexibility index (Phi) is 6.60. The van der Waals surface area contributed by atoms with Crippen LogP contribution in [-0.2, 0) is 9.53 Å². The lowest BCUT2D eigenvalue weighted by Crippen LogP contribution is -2.53. The van der Waals surface area contributed by atoms with Crippen molar-refractivity contribution in [1.29, 1.82) is 0 Å². The fraction of sp³-hybridized carbons (Fsp3) is 0.529. The second kappa shape index (κ2) is 8.46. The van der Waals surface area contributed by atoms with Gasteiger partial charge in [0.15, 0.2) is 0 Å². The van der Waals surface area contributed by atoms with Gasteiger partial charge in [0.05, 0.1) is 6.10 Å². The first-order valence-corrected chi connectivity index (χ1v) is 8.17. The van der Waals surface area contributed by atoms with E-state index in [1.807, 2.05) is 30.3 Å². The number of piperazine rings is 1. The van der Waals surface area contributed by atoms with E-state index in [4.69, 9.17) is 10.5 Å². The molecule has 132 valence electrons. The van der Waals surface area contributed by atoms with Gasteiger partial charge >= 0.3 is 0 Å². The number of nitrogens with two attached hydrogens (primary N) is 1. The van der Waals surface area contributed by atoms with Gasteiger partial charge in [0.2, 0.25) is 0 Å². The van der Waals surface area contributed by atoms with Gasteiger partial charge in [0.25, 0.3) is 11.8 Å². The van der Waals surface area contributed by atoms with Crippen LogP contribution in [0.2, 0.25) is 0 Å². The highest BCUT2D eigenvalue weighted by atomic mass is 35.5. The fourth-order valence-electron chi connectivity index (χ4n) is 3.16. The Labute approximate surface area is 148 Å². The fourth-order valence-corrected chi connectivity index (χ4v) is 3.16. The molecule has 1 aromatic carbocycles. The summed E-state index contributed by atoms with van der Waals surface area (Å²) in [6.07, 6.45) is 1.23. The number of ether oxygens (including phenoxy) is 1. The molecule has 2 aliphatic heterocycles. The average molecular weight is 354 g/mol. The number of hydrogen-bond acceptors (Lipinski definition) is 4. The summed E-state index contributed by atoms with van der Waals surface area (Å²) in [5.41, 5.74) is 6.28. The van der Waals surface area contributed by atoms with Crippen molar-refractivity contribution in [3.63, 3.8) is 0 Å². The summed E-state index contributed by atoms with van der Waals surface area (Å²) in [5, 5.41) is 0. The number of rotatable bonds is 3. The summed E-state index contributed by atoms with van der Waals surface area (Å²) < 4.78 is 5.67. The molecule has 2 saturated heterocycles. The van der Waals surface area contributed by atoms with Gasteiger partial charge in [-0.2, -0.15) is 0 Å². The van der Waals surface area contributed by atoms with E-state index in [-0.39, 0.29) is 36.4 Å². The van der Waals surface area contributed by atoms with Crippen LogP contribution in [0.25, 0.3) is 0 Å². The van der Waals surface area contributed by atoms with Gasteiger partial charge in [-0.05, 0) is 25.0 Å². The molecule has 0 spiro atoms. The lowest BCUT2D eigenvalue weighted by atomic mass is 10.1. The molecule has 1 aromatic rings. The number of hydrogen-bond donors (Lipinski definition) is 1. The third-order valence-corrected chi connectivity index (χ3v) is 4.55. The highest BCUT2D eigenvalue weighted by Crippen LogP contribution is 2.21. The zero-order valence-electron chi connectivity index (χ0n) is 13.6. The van der Waals surface area contributed by atoms with Crippen molar-refractivity contribution in [3.05, 3.63) is 35.9 Å². The molecule has 2 N–H and O–H groups in total. The first-order valence-electron chi connectivity index (χ1n) is 8.17. The van der Waals surface area contributed by atoms with Crippen LogP contribution in [0.5, 0.6) is 0 Å². The van der Waals surface area contributed by atoms with Gasteiger partial charge in [0.1, 0.15) is 6.10 Å². The Bertz CT molecular complexity index is 561. The highest BCUT2D eigenvalue weighted by molar-refractivity contribution is 5.94. The van der Waals surface area contributed by atoms with Crippen molar-refractivity contribution in [2.45, 2.75) is 25.0 Å². The van der Waals surface area contributed by atoms with E-state index >= 15 is 0 Å². The topological polar surface area (TPSA) is 75.9 Å². The molecule has 0 saturated carbocycles. The molecule has 2 fully saturated rings. The van der Waals surface area contributed by atoms with E-state index < -0.39 is 0 Å². The summed E-state index contributed by atoms with van der Waals surface area (Å²) in [6, 6.07) is 9.25. The van der Waals surface area contributed by atoms with Gasteiger partial charge < -0.3 is 20.3 Å². The maximum absolute atomic E-state index is 12.5. The molecule has 2 amide bonds. The largest absolute Gasteiger partial charge is 0.364 e. The van der Waals surface area contributed by atoms with Gasteiger partial charge in [-0.3, -0.25) is 9.59 Å². The van der Waals surface area contributed by atoms with Crippen LogP contribution in [-0.4, -0.2) is 66.5 Å². The molecule has 6 nitrogen and oxygen atoms in total. The summed E-state index contributed by atoms with van der Waals surface area (Å²) in [7, 11) is 0. The van der Waals surface area contributed by atoms with Crippen molar-refractivity contribution in [2.24, 2.45) is 5.73 Å². The second-order valence-electron chi connectivity index (χ2n) is 6.04. The van der Waals surface area contributed by atoms with Crippen LogP contribution >= 0.6 is 12.4 Å². The Morgan fingerprint density at radius 1 is 1.04 bits per heavy atom.